The lowest BCUT2D eigenvalue weighted by Crippen LogP contribution is -2.26. The number of benzene rings is 2. The van der Waals surface area contributed by atoms with Crippen LogP contribution in [0.25, 0.3) is 0 Å². The lowest BCUT2D eigenvalue weighted by molar-refractivity contribution is -0.384. The first-order chi connectivity index (χ1) is 10.3. The Morgan fingerprint density at radius 2 is 1.77 bits per heavy atom. The van der Waals surface area contributed by atoms with Crippen LogP contribution in [-0.4, -0.2) is 26.6 Å². The molecule has 0 spiro atoms. The molecule has 0 atom stereocenters. The number of hydrogen-bond acceptors (Lipinski definition) is 4. The number of nitro groups is 1. The summed E-state index contributed by atoms with van der Waals surface area (Å²) in [5.74, 6) is 0. The molecule has 0 aliphatic carbocycles. The smallest absolute Gasteiger partial charge is 0.269 e. The Morgan fingerprint density at radius 1 is 1.14 bits per heavy atom. The van der Waals surface area contributed by atoms with E-state index in [-0.39, 0.29) is 5.69 Å². The molecule has 2 aromatic rings. The molecule has 2 aromatic carbocycles. The Labute approximate surface area is 129 Å². The normalized spacial score (nSPS) is 11.2. The summed E-state index contributed by atoms with van der Waals surface area (Å²) in [5.41, 5.74) is 1.92. The van der Waals surface area contributed by atoms with Gasteiger partial charge in [0.05, 0.1) is 16.9 Å². The van der Waals surface area contributed by atoms with Gasteiger partial charge in [-0.15, -0.1) is 0 Å². The molecule has 7 heteroatoms. The zero-order valence-electron chi connectivity index (χ0n) is 12.3. The molecule has 0 saturated carbocycles. The van der Waals surface area contributed by atoms with E-state index in [2.05, 4.69) is 0 Å². The van der Waals surface area contributed by atoms with Crippen molar-refractivity contribution in [2.45, 2.75) is 6.42 Å². The van der Waals surface area contributed by atoms with Crippen LogP contribution in [0.5, 0.6) is 0 Å². The Bertz CT molecular complexity index is 788. The van der Waals surface area contributed by atoms with Crippen LogP contribution in [0.4, 0.5) is 11.4 Å². The molecule has 6 nitrogen and oxygen atoms in total. The van der Waals surface area contributed by atoms with E-state index < -0.39 is 14.9 Å². The second-order valence-corrected chi connectivity index (χ2v) is 6.98. The zero-order valence-corrected chi connectivity index (χ0v) is 13.1. The quantitative estimate of drug-likeness (QED) is 0.626. The molecule has 22 heavy (non-hydrogen) atoms. The topological polar surface area (TPSA) is 80.5 Å². The van der Waals surface area contributed by atoms with Crippen molar-refractivity contribution in [3.8, 4) is 0 Å². The molecule has 0 aromatic heterocycles. The van der Waals surface area contributed by atoms with E-state index in [1.54, 1.807) is 0 Å². The summed E-state index contributed by atoms with van der Waals surface area (Å²) in [6.45, 7) is 0. The van der Waals surface area contributed by atoms with E-state index in [1.165, 1.54) is 25.2 Å². The van der Waals surface area contributed by atoms with Gasteiger partial charge in [0.1, 0.15) is 0 Å². The molecule has 0 radical (unpaired) electrons. The third-order valence-corrected chi connectivity index (χ3v) is 4.54. The average Bonchev–Trinajstić information content (AvgIpc) is 2.46. The van der Waals surface area contributed by atoms with Crippen molar-refractivity contribution >= 4 is 21.4 Å². The van der Waals surface area contributed by atoms with Gasteiger partial charge in [0.2, 0.25) is 10.0 Å². The van der Waals surface area contributed by atoms with E-state index in [4.69, 9.17) is 0 Å². The molecule has 0 unspecified atom stereocenters. The summed E-state index contributed by atoms with van der Waals surface area (Å²) in [7, 11) is -2.00. The fourth-order valence-corrected chi connectivity index (χ4v) is 2.66. The van der Waals surface area contributed by atoms with Crippen LogP contribution in [-0.2, 0) is 16.4 Å². The molecule has 0 N–H and O–H groups in total. The highest BCUT2D eigenvalue weighted by molar-refractivity contribution is 7.92. The van der Waals surface area contributed by atoms with E-state index >= 15 is 0 Å². The van der Waals surface area contributed by atoms with Crippen LogP contribution in [0, 0.1) is 10.1 Å². The second-order valence-electron chi connectivity index (χ2n) is 4.96. The summed E-state index contributed by atoms with van der Waals surface area (Å²) in [6.07, 6.45) is 1.51. The predicted molar refractivity (Wildman–Crippen MR) is 85.6 cm³/mol. The minimum absolute atomic E-state index is 0.0587. The van der Waals surface area contributed by atoms with Crippen LogP contribution >= 0.6 is 0 Å². The average molecular weight is 320 g/mol. The number of nitro benzene ring substituents is 1. The molecule has 0 aliphatic heterocycles. The Balaban J connectivity index is 2.51. The number of anilines is 1. The first kappa shape index (κ1) is 16.0. The van der Waals surface area contributed by atoms with Crippen LogP contribution in [0.1, 0.15) is 11.1 Å². The Morgan fingerprint density at radius 3 is 2.32 bits per heavy atom. The van der Waals surface area contributed by atoms with Crippen LogP contribution in [0.3, 0.4) is 0 Å². The van der Waals surface area contributed by atoms with Gasteiger partial charge < -0.3 is 0 Å². The maximum Gasteiger partial charge on any atom is 0.269 e. The van der Waals surface area contributed by atoms with Gasteiger partial charge in [0, 0.05) is 19.2 Å². The van der Waals surface area contributed by atoms with Crippen molar-refractivity contribution in [2.75, 3.05) is 17.6 Å². The van der Waals surface area contributed by atoms with Crippen molar-refractivity contribution < 1.29 is 13.3 Å². The molecule has 0 heterocycles. The summed E-state index contributed by atoms with van der Waals surface area (Å²) in [6, 6.07) is 13.6. The van der Waals surface area contributed by atoms with Gasteiger partial charge in [-0.3, -0.25) is 14.4 Å². The van der Waals surface area contributed by atoms with Crippen molar-refractivity contribution in [2.24, 2.45) is 0 Å². The third-order valence-electron chi connectivity index (χ3n) is 3.35. The maximum absolute atomic E-state index is 11.7. The highest BCUT2D eigenvalue weighted by atomic mass is 32.2. The Hall–Kier alpha value is -2.41. The minimum Gasteiger partial charge on any atom is -0.273 e. The van der Waals surface area contributed by atoms with Crippen molar-refractivity contribution in [1.82, 2.24) is 0 Å². The molecule has 0 aliphatic rings. The minimum atomic E-state index is -3.44. The van der Waals surface area contributed by atoms with Crippen LogP contribution in [0.2, 0.25) is 0 Å². The predicted octanol–water partition coefficient (Wildman–Crippen LogP) is 2.58. The lowest BCUT2D eigenvalue weighted by Gasteiger charge is -2.20. The lowest BCUT2D eigenvalue weighted by atomic mass is 10.0. The van der Waals surface area contributed by atoms with E-state index in [9.17, 15) is 18.5 Å². The van der Waals surface area contributed by atoms with Crippen LogP contribution < -0.4 is 4.31 Å². The third kappa shape index (κ3) is 3.62. The van der Waals surface area contributed by atoms with Crippen molar-refractivity contribution in [3.63, 3.8) is 0 Å². The molecule has 0 amide bonds. The van der Waals surface area contributed by atoms with Gasteiger partial charge in [-0.1, -0.05) is 30.3 Å². The maximum atomic E-state index is 11.7. The van der Waals surface area contributed by atoms with Gasteiger partial charge in [-0.05, 0) is 23.6 Å². The van der Waals surface area contributed by atoms with Gasteiger partial charge in [0.15, 0.2) is 0 Å². The fraction of sp³-hybridized carbons (Fsp3) is 0.200. The van der Waals surface area contributed by atoms with Crippen LogP contribution in [0.15, 0.2) is 48.5 Å². The molecular formula is C15H16N2O4S. The monoisotopic (exact) mass is 320 g/mol. The number of non-ortho nitro benzene ring substituents is 1. The standard InChI is InChI=1S/C15H16N2O4S/c1-16(22(2,20)21)15-9-8-14(17(18)19)11-13(15)10-12-6-4-3-5-7-12/h3-9,11H,10H2,1-2H3. The van der Waals surface area contributed by atoms with Gasteiger partial charge in [-0.2, -0.15) is 0 Å². The second kappa shape index (κ2) is 6.15. The highest BCUT2D eigenvalue weighted by Gasteiger charge is 2.19. The summed E-state index contributed by atoms with van der Waals surface area (Å²) in [4.78, 5) is 10.5. The summed E-state index contributed by atoms with van der Waals surface area (Å²) in [5, 5.41) is 11.0. The van der Waals surface area contributed by atoms with E-state index in [0.29, 0.717) is 17.7 Å². The molecule has 0 bridgehead atoms. The highest BCUT2D eigenvalue weighted by Crippen LogP contribution is 2.28. The largest absolute Gasteiger partial charge is 0.273 e. The number of rotatable bonds is 5. The Kier molecular flexibility index (Phi) is 4.46. The first-order valence-corrected chi connectivity index (χ1v) is 8.39. The zero-order chi connectivity index (χ0) is 16.3. The van der Waals surface area contributed by atoms with Crippen molar-refractivity contribution in [3.05, 3.63) is 69.8 Å². The van der Waals surface area contributed by atoms with Gasteiger partial charge >= 0.3 is 0 Å². The van der Waals surface area contributed by atoms with Gasteiger partial charge in [-0.25, -0.2) is 8.42 Å². The summed E-state index contributed by atoms with van der Waals surface area (Å²) < 4.78 is 24.6. The fourth-order valence-electron chi connectivity index (χ4n) is 2.13. The molecular weight excluding hydrogens is 304 g/mol. The van der Waals surface area contributed by atoms with Gasteiger partial charge in [0.25, 0.3) is 5.69 Å². The van der Waals surface area contributed by atoms with E-state index in [0.717, 1.165) is 16.1 Å². The number of hydrogen-bond donors (Lipinski definition) is 0. The molecule has 0 fully saturated rings. The number of sulfonamides is 1. The van der Waals surface area contributed by atoms with E-state index in [1.807, 2.05) is 30.3 Å². The molecule has 116 valence electrons. The molecule has 0 saturated heterocycles. The summed E-state index contributed by atoms with van der Waals surface area (Å²) >= 11 is 0. The first-order valence-electron chi connectivity index (χ1n) is 6.54. The molecule has 2 rings (SSSR count). The van der Waals surface area contributed by atoms with Crippen molar-refractivity contribution in [1.29, 1.82) is 0 Å². The SMILES string of the molecule is CN(c1ccc([N+](=O)[O-])cc1Cc1ccccc1)S(C)(=O)=O. The number of nitrogens with zero attached hydrogens (tertiary/aromatic N) is 2.